The van der Waals surface area contributed by atoms with Crippen LogP contribution in [0.4, 0.5) is 13.2 Å². The minimum absolute atomic E-state index is 0.147. The number of unbranched alkanes of at least 4 members (excludes halogenated alkanes) is 1. The van der Waals surface area contributed by atoms with Crippen molar-refractivity contribution in [3.63, 3.8) is 0 Å². The second-order valence-electron chi connectivity index (χ2n) is 3.99. The van der Waals surface area contributed by atoms with Gasteiger partial charge in [0, 0.05) is 13.0 Å². The van der Waals surface area contributed by atoms with Crippen molar-refractivity contribution in [2.24, 2.45) is 5.92 Å². The molecule has 0 spiro atoms. The molecule has 0 aliphatic carbocycles. The summed E-state index contributed by atoms with van der Waals surface area (Å²) in [5, 5.41) is 0. The molecule has 4 heteroatoms. The van der Waals surface area contributed by atoms with Crippen molar-refractivity contribution in [1.29, 1.82) is 0 Å². The number of likely N-dealkylation sites (tertiary alicyclic amines) is 1. The third-order valence-corrected chi connectivity index (χ3v) is 2.76. The fourth-order valence-electron chi connectivity index (χ4n) is 1.93. The Hall–Kier alpha value is -0.690. The molecule has 15 heavy (non-hydrogen) atoms. The van der Waals surface area contributed by atoms with Crippen molar-refractivity contribution in [2.45, 2.75) is 31.9 Å². The van der Waals surface area contributed by atoms with Crippen LogP contribution in [0.1, 0.15) is 25.7 Å². The van der Waals surface area contributed by atoms with E-state index in [-0.39, 0.29) is 13.0 Å². The van der Waals surface area contributed by atoms with Gasteiger partial charge in [0.2, 0.25) is 0 Å². The Kier molecular flexibility index (Phi) is 4.46. The number of piperidine rings is 1. The summed E-state index contributed by atoms with van der Waals surface area (Å²) in [5.41, 5.74) is 0. The molecule has 1 aliphatic rings. The highest BCUT2D eigenvalue weighted by atomic mass is 19.4. The molecule has 0 bridgehead atoms. The van der Waals surface area contributed by atoms with E-state index in [1.165, 1.54) is 0 Å². The maximum atomic E-state index is 12.4. The molecule has 0 aromatic carbocycles. The summed E-state index contributed by atoms with van der Waals surface area (Å²) in [4.78, 5) is 1.87. The first kappa shape index (κ1) is 12.4. The van der Waals surface area contributed by atoms with Crippen LogP contribution in [0, 0.1) is 18.3 Å². The zero-order chi connectivity index (χ0) is 11.3. The lowest BCUT2D eigenvalue weighted by atomic mass is 9.97. The van der Waals surface area contributed by atoms with Crippen LogP contribution in [0.15, 0.2) is 0 Å². The smallest absolute Gasteiger partial charge is 0.303 e. The Balaban J connectivity index is 2.33. The summed E-state index contributed by atoms with van der Waals surface area (Å²) in [6.07, 6.45) is 3.41. The molecule has 1 saturated heterocycles. The molecule has 1 aliphatic heterocycles. The van der Waals surface area contributed by atoms with Gasteiger partial charge in [0.25, 0.3) is 0 Å². The normalized spacial score (nSPS) is 23.7. The number of hydrogen-bond acceptors (Lipinski definition) is 1. The number of halogens is 3. The lowest BCUT2D eigenvalue weighted by Gasteiger charge is -2.33. The fourth-order valence-corrected chi connectivity index (χ4v) is 1.93. The van der Waals surface area contributed by atoms with Gasteiger partial charge in [-0.25, -0.2) is 0 Å². The van der Waals surface area contributed by atoms with Crippen LogP contribution in [-0.4, -0.2) is 30.7 Å². The summed E-state index contributed by atoms with van der Waals surface area (Å²) < 4.78 is 37.3. The SMILES string of the molecule is C#CCCCN1CCCC(C(F)(F)F)C1. The van der Waals surface area contributed by atoms with E-state index in [4.69, 9.17) is 6.42 Å². The van der Waals surface area contributed by atoms with E-state index in [0.717, 1.165) is 13.0 Å². The molecule has 0 aromatic rings. The van der Waals surface area contributed by atoms with E-state index >= 15 is 0 Å². The van der Waals surface area contributed by atoms with Gasteiger partial charge in [0.05, 0.1) is 5.92 Å². The van der Waals surface area contributed by atoms with Crippen molar-refractivity contribution in [3.05, 3.63) is 0 Å². The summed E-state index contributed by atoms with van der Waals surface area (Å²) in [5.74, 6) is 1.36. The number of rotatable bonds is 3. The largest absolute Gasteiger partial charge is 0.393 e. The van der Waals surface area contributed by atoms with Gasteiger partial charge in [-0.05, 0) is 32.4 Å². The van der Waals surface area contributed by atoms with Crippen molar-refractivity contribution in [2.75, 3.05) is 19.6 Å². The van der Waals surface area contributed by atoms with Crippen LogP contribution in [0.2, 0.25) is 0 Å². The van der Waals surface area contributed by atoms with Crippen LogP contribution in [0.5, 0.6) is 0 Å². The third-order valence-electron chi connectivity index (χ3n) is 2.76. The van der Waals surface area contributed by atoms with Crippen molar-refractivity contribution in [1.82, 2.24) is 4.90 Å². The van der Waals surface area contributed by atoms with Gasteiger partial charge in [0.1, 0.15) is 0 Å². The molecule has 0 N–H and O–H groups in total. The predicted molar refractivity (Wildman–Crippen MR) is 53.3 cm³/mol. The Bertz CT molecular complexity index is 229. The zero-order valence-electron chi connectivity index (χ0n) is 8.69. The maximum Gasteiger partial charge on any atom is 0.393 e. The Morgan fingerprint density at radius 2 is 2.13 bits per heavy atom. The second kappa shape index (κ2) is 5.41. The molecule has 0 aromatic heterocycles. The Labute approximate surface area is 88.6 Å². The van der Waals surface area contributed by atoms with Gasteiger partial charge in [-0.15, -0.1) is 12.3 Å². The number of terminal acetylenes is 1. The van der Waals surface area contributed by atoms with Crippen LogP contribution in [0.3, 0.4) is 0 Å². The first-order valence-electron chi connectivity index (χ1n) is 5.26. The van der Waals surface area contributed by atoms with Crippen molar-refractivity contribution >= 4 is 0 Å². The van der Waals surface area contributed by atoms with Crippen molar-refractivity contribution < 1.29 is 13.2 Å². The van der Waals surface area contributed by atoms with Gasteiger partial charge < -0.3 is 4.90 Å². The van der Waals surface area contributed by atoms with E-state index in [1.54, 1.807) is 0 Å². The van der Waals surface area contributed by atoms with Gasteiger partial charge in [-0.1, -0.05) is 0 Å². The molecule has 1 rings (SSSR count). The molecule has 1 unspecified atom stereocenters. The van der Waals surface area contributed by atoms with E-state index in [0.29, 0.717) is 19.4 Å². The van der Waals surface area contributed by atoms with Crippen LogP contribution in [-0.2, 0) is 0 Å². The van der Waals surface area contributed by atoms with E-state index in [9.17, 15) is 13.2 Å². The number of alkyl halides is 3. The highest BCUT2D eigenvalue weighted by molar-refractivity contribution is 4.84. The standard InChI is InChI=1S/C11H16F3N/c1-2-3-4-7-15-8-5-6-10(9-15)11(12,13)14/h1,10H,3-9H2. The maximum absolute atomic E-state index is 12.4. The molecular weight excluding hydrogens is 203 g/mol. The minimum Gasteiger partial charge on any atom is -0.303 e. The van der Waals surface area contributed by atoms with E-state index in [1.807, 2.05) is 4.90 Å². The van der Waals surface area contributed by atoms with Gasteiger partial charge >= 0.3 is 6.18 Å². The Morgan fingerprint density at radius 1 is 1.40 bits per heavy atom. The minimum atomic E-state index is -4.04. The molecule has 0 amide bonds. The first-order valence-corrected chi connectivity index (χ1v) is 5.26. The monoisotopic (exact) mass is 219 g/mol. The van der Waals surface area contributed by atoms with E-state index in [2.05, 4.69) is 5.92 Å². The highest BCUT2D eigenvalue weighted by Crippen LogP contribution is 2.33. The van der Waals surface area contributed by atoms with Gasteiger partial charge in [-0.2, -0.15) is 13.2 Å². The molecule has 1 atom stereocenters. The Morgan fingerprint density at radius 3 is 2.73 bits per heavy atom. The lowest BCUT2D eigenvalue weighted by Crippen LogP contribution is -2.41. The van der Waals surface area contributed by atoms with Gasteiger partial charge in [0.15, 0.2) is 0 Å². The molecule has 0 radical (unpaired) electrons. The molecule has 0 saturated carbocycles. The average molecular weight is 219 g/mol. The number of hydrogen-bond donors (Lipinski definition) is 0. The predicted octanol–water partition coefficient (Wildman–Crippen LogP) is 2.67. The van der Waals surface area contributed by atoms with Crippen LogP contribution >= 0.6 is 0 Å². The second-order valence-corrected chi connectivity index (χ2v) is 3.99. The molecular formula is C11H16F3N. The van der Waals surface area contributed by atoms with Crippen LogP contribution in [0.25, 0.3) is 0 Å². The van der Waals surface area contributed by atoms with E-state index < -0.39 is 12.1 Å². The fraction of sp³-hybridized carbons (Fsp3) is 0.818. The zero-order valence-corrected chi connectivity index (χ0v) is 8.69. The van der Waals surface area contributed by atoms with Crippen LogP contribution < -0.4 is 0 Å². The molecule has 1 nitrogen and oxygen atoms in total. The lowest BCUT2D eigenvalue weighted by molar-refractivity contribution is -0.186. The first-order chi connectivity index (χ1) is 7.04. The average Bonchev–Trinajstić information content (AvgIpc) is 2.17. The number of nitrogens with zero attached hydrogens (tertiary/aromatic N) is 1. The summed E-state index contributed by atoms with van der Waals surface area (Å²) in [7, 11) is 0. The third kappa shape index (κ3) is 4.13. The highest BCUT2D eigenvalue weighted by Gasteiger charge is 2.41. The van der Waals surface area contributed by atoms with Crippen molar-refractivity contribution in [3.8, 4) is 12.3 Å². The molecule has 1 fully saturated rings. The summed E-state index contributed by atoms with van der Waals surface area (Å²) in [6, 6.07) is 0. The topological polar surface area (TPSA) is 3.24 Å². The summed E-state index contributed by atoms with van der Waals surface area (Å²) in [6.45, 7) is 1.61. The summed E-state index contributed by atoms with van der Waals surface area (Å²) >= 11 is 0. The van der Waals surface area contributed by atoms with Gasteiger partial charge in [-0.3, -0.25) is 0 Å². The quantitative estimate of drug-likeness (QED) is 0.521. The molecule has 1 heterocycles. The molecule has 86 valence electrons.